The lowest BCUT2D eigenvalue weighted by atomic mass is 10.2. The van der Waals surface area contributed by atoms with Crippen LogP contribution in [-0.2, 0) is 16.1 Å². The molecule has 1 atom stereocenters. The van der Waals surface area contributed by atoms with E-state index in [-0.39, 0.29) is 18.0 Å². The van der Waals surface area contributed by atoms with E-state index < -0.39 is 0 Å². The van der Waals surface area contributed by atoms with Crippen molar-refractivity contribution < 1.29 is 14.3 Å². The first-order valence-electron chi connectivity index (χ1n) is 8.20. The van der Waals surface area contributed by atoms with Crippen molar-refractivity contribution in [3.05, 3.63) is 35.9 Å². The van der Waals surface area contributed by atoms with Gasteiger partial charge in [0.15, 0.2) is 0 Å². The van der Waals surface area contributed by atoms with Crippen LogP contribution in [0.25, 0.3) is 0 Å². The third kappa shape index (κ3) is 3.82. The quantitative estimate of drug-likeness (QED) is 0.912. The van der Waals surface area contributed by atoms with E-state index in [1.54, 1.807) is 4.90 Å². The van der Waals surface area contributed by atoms with Crippen LogP contribution < -0.4 is 5.32 Å². The van der Waals surface area contributed by atoms with Crippen LogP contribution in [0.15, 0.2) is 30.3 Å². The van der Waals surface area contributed by atoms with Crippen LogP contribution in [-0.4, -0.2) is 60.6 Å². The average molecular weight is 317 g/mol. The lowest BCUT2D eigenvalue weighted by Gasteiger charge is -2.32. The van der Waals surface area contributed by atoms with Gasteiger partial charge in [-0.15, -0.1) is 0 Å². The minimum absolute atomic E-state index is 0.0562. The first-order chi connectivity index (χ1) is 11.3. The van der Waals surface area contributed by atoms with E-state index >= 15 is 0 Å². The molecule has 0 aliphatic carbocycles. The second kappa shape index (κ2) is 7.46. The normalized spacial score (nSPS) is 21.3. The highest BCUT2D eigenvalue weighted by Gasteiger charge is 2.36. The standard InChI is InChI=1S/C17H23N3O3/c21-16(19-9-11-23-12-10-19)15-7-4-8-20(15)17(22)18-13-14-5-2-1-3-6-14/h1-3,5-6,15H,4,7-13H2,(H,18,22)/t15-/m1/s1. The Morgan fingerprint density at radius 1 is 1.13 bits per heavy atom. The Hall–Kier alpha value is -2.08. The monoisotopic (exact) mass is 317 g/mol. The molecule has 2 heterocycles. The maximum Gasteiger partial charge on any atom is 0.318 e. The fraction of sp³-hybridized carbons (Fsp3) is 0.529. The van der Waals surface area contributed by atoms with Crippen LogP contribution in [0, 0.1) is 0 Å². The summed E-state index contributed by atoms with van der Waals surface area (Å²) in [5.74, 6) is 0.0562. The number of hydrogen-bond acceptors (Lipinski definition) is 3. The van der Waals surface area contributed by atoms with Crippen LogP contribution >= 0.6 is 0 Å². The summed E-state index contributed by atoms with van der Waals surface area (Å²) in [6.45, 7) is 3.52. The predicted octanol–water partition coefficient (Wildman–Crippen LogP) is 1.22. The van der Waals surface area contributed by atoms with Crippen molar-refractivity contribution in [3.8, 4) is 0 Å². The molecule has 6 nitrogen and oxygen atoms in total. The van der Waals surface area contributed by atoms with Gasteiger partial charge in [-0.3, -0.25) is 4.79 Å². The molecule has 3 amide bonds. The van der Waals surface area contributed by atoms with E-state index in [0.29, 0.717) is 39.4 Å². The second-order valence-corrected chi connectivity index (χ2v) is 5.93. The van der Waals surface area contributed by atoms with Crippen molar-refractivity contribution in [3.63, 3.8) is 0 Å². The fourth-order valence-corrected chi connectivity index (χ4v) is 3.14. The van der Waals surface area contributed by atoms with Crippen LogP contribution in [0.5, 0.6) is 0 Å². The van der Waals surface area contributed by atoms with Gasteiger partial charge < -0.3 is 19.9 Å². The highest BCUT2D eigenvalue weighted by Crippen LogP contribution is 2.20. The van der Waals surface area contributed by atoms with Gasteiger partial charge in [-0.05, 0) is 18.4 Å². The van der Waals surface area contributed by atoms with Crippen molar-refractivity contribution in [2.75, 3.05) is 32.8 Å². The van der Waals surface area contributed by atoms with Crippen molar-refractivity contribution in [1.29, 1.82) is 0 Å². The van der Waals surface area contributed by atoms with Crippen LogP contribution in [0.4, 0.5) is 4.79 Å². The van der Waals surface area contributed by atoms with Crippen LogP contribution in [0.2, 0.25) is 0 Å². The van der Waals surface area contributed by atoms with Gasteiger partial charge in [-0.1, -0.05) is 30.3 Å². The number of carbonyl (C=O) groups is 2. The molecule has 0 spiro atoms. The molecule has 1 aromatic rings. The number of benzene rings is 1. The number of ether oxygens (including phenoxy) is 1. The highest BCUT2D eigenvalue weighted by atomic mass is 16.5. The van der Waals surface area contributed by atoms with E-state index in [4.69, 9.17) is 4.74 Å². The molecule has 6 heteroatoms. The average Bonchev–Trinajstić information content (AvgIpc) is 3.10. The number of amides is 3. The van der Waals surface area contributed by atoms with Gasteiger partial charge in [-0.2, -0.15) is 0 Å². The molecule has 0 bridgehead atoms. The Labute approximate surface area is 136 Å². The van der Waals surface area contributed by atoms with Gasteiger partial charge in [0.2, 0.25) is 5.91 Å². The number of carbonyl (C=O) groups excluding carboxylic acids is 2. The van der Waals surface area contributed by atoms with E-state index in [2.05, 4.69) is 5.32 Å². The van der Waals surface area contributed by atoms with Gasteiger partial charge >= 0.3 is 6.03 Å². The molecule has 1 N–H and O–H groups in total. The number of nitrogens with zero attached hydrogens (tertiary/aromatic N) is 2. The maximum atomic E-state index is 12.6. The number of rotatable bonds is 3. The largest absolute Gasteiger partial charge is 0.378 e. The topological polar surface area (TPSA) is 61.9 Å². The summed E-state index contributed by atoms with van der Waals surface area (Å²) in [5, 5.41) is 2.92. The molecule has 0 unspecified atom stereocenters. The molecule has 2 aliphatic rings. The van der Waals surface area contributed by atoms with E-state index in [9.17, 15) is 9.59 Å². The Morgan fingerprint density at radius 3 is 2.61 bits per heavy atom. The molecule has 2 fully saturated rings. The first kappa shape index (κ1) is 15.8. The van der Waals surface area contributed by atoms with Crippen LogP contribution in [0.3, 0.4) is 0 Å². The van der Waals surface area contributed by atoms with Crippen molar-refractivity contribution in [2.24, 2.45) is 0 Å². The van der Waals surface area contributed by atoms with Gasteiger partial charge in [0.25, 0.3) is 0 Å². The molecule has 0 saturated carbocycles. The summed E-state index contributed by atoms with van der Waals surface area (Å²) in [4.78, 5) is 28.6. The number of nitrogens with one attached hydrogen (secondary N) is 1. The van der Waals surface area contributed by atoms with E-state index in [0.717, 1.165) is 18.4 Å². The van der Waals surface area contributed by atoms with Crippen molar-refractivity contribution in [2.45, 2.75) is 25.4 Å². The number of morpholine rings is 1. The third-order valence-corrected chi connectivity index (χ3v) is 4.41. The van der Waals surface area contributed by atoms with Gasteiger partial charge in [0.1, 0.15) is 6.04 Å². The van der Waals surface area contributed by atoms with Crippen molar-refractivity contribution in [1.82, 2.24) is 15.1 Å². The molecule has 124 valence electrons. The Morgan fingerprint density at radius 2 is 1.87 bits per heavy atom. The highest BCUT2D eigenvalue weighted by molar-refractivity contribution is 5.87. The lowest BCUT2D eigenvalue weighted by Crippen LogP contribution is -2.52. The maximum absolute atomic E-state index is 12.6. The van der Waals surface area contributed by atoms with Crippen LogP contribution in [0.1, 0.15) is 18.4 Å². The zero-order valence-electron chi connectivity index (χ0n) is 13.2. The summed E-state index contributed by atoms with van der Waals surface area (Å²) < 4.78 is 5.29. The predicted molar refractivity (Wildman–Crippen MR) is 85.8 cm³/mol. The molecule has 1 aromatic carbocycles. The van der Waals surface area contributed by atoms with Gasteiger partial charge in [-0.25, -0.2) is 4.79 Å². The van der Waals surface area contributed by atoms with Crippen molar-refractivity contribution >= 4 is 11.9 Å². The van der Waals surface area contributed by atoms with E-state index in [1.807, 2.05) is 35.2 Å². The first-order valence-corrected chi connectivity index (χ1v) is 8.20. The van der Waals surface area contributed by atoms with Gasteiger partial charge in [0.05, 0.1) is 13.2 Å². The fourth-order valence-electron chi connectivity index (χ4n) is 3.14. The molecule has 0 radical (unpaired) electrons. The Balaban J connectivity index is 1.57. The molecular formula is C17H23N3O3. The third-order valence-electron chi connectivity index (χ3n) is 4.41. The minimum Gasteiger partial charge on any atom is -0.378 e. The number of hydrogen-bond donors (Lipinski definition) is 1. The summed E-state index contributed by atoms with van der Waals surface area (Å²) in [6, 6.07) is 9.30. The molecule has 2 aliphatic heterocycles. The summed E-state index contributed by atoms with van der Waals surface area (Å²) in [5.41, 5.74) is 1.05. The smallest absolute Gasteiger partial charge is 0.318 e. The lowest BCUT2D eigenvalue weighted by molar-refractivity contribution is -0.139. The second-order valence-electron chi connectivity index (χ2n) is 5.93. The molecular weight excluding hydrogens is 294 g/mol. The Kier molecular flexibility index (Phi) is 5.12. The number of likely N-dealkylation sites (tertiary alicyclic amines) is 1. The molecule has 0 aromatic heterocycles. The summed E-state index contributed by atoms with van der Waals surface area (Å²) >= 11 is 0. The summed E-state index contributed by atoms with van der Waals surface area (Å²) in [7, 11) is 0. The zero-order chi connectivity index (χ0) is 16.1. The Bertz CT molecular complexity index is 543. The van der Waals surface area contributed by atoms with E-state index in [1.165, 1.54) is 0 Å². The SMILES string of the molecule is O=C([C@H]1CCCN1C(=O)NCc1ccccc1)N1CCOCC1. The molecule has 2 saturated heterocycles. The molecule has 23 heavy (non-hydrogen) atoms. The van der Waals surface area contributed by atoms with Gasteiger partial charge in [0, 0.05) is 26.2 Å². The number of urea groups is 1. The minimum atomic E-state index is -0.330. The molecule has 3 rings (SSSR count). The summed E-state index contributed by atoms with van der Waals surface area (Å²) in [6.07, 6.45) is 1.62. The zero-order valence-corrected chi connectivity index (χ0v) is 13.2.